The molecule has 2 rings (SSSR count). The van der Waals surface area contributed by atoms with Gasteiger partial charge < -0.3 is 14.9 Å². The molecule has 0 spiro atoms. The molecule has 1 aromatic rings. The van der Waals surface area contributed by atoms with E-state index in [0.717, 1.165) is 32.6 Å². The average Bonchev–Trinajstić information content (AvgIpc) is 2.86. The van der Waals surface area contributed by atoms with Gasteiger partial charge in [0.25, 0.3) is 0 Å². The van der Waals surface area contributed by atoms with Gasteiger partial charge in [0.05, 0.1) is 5.92 Å². The normalized spacial score (nSPS) is 19.7. The van der Waals surface area contributed by atoms with Gasteiger partial charge in [-0.3, -0.25) is 4.79 Å². The number of rotatable bonds is 7. The number of hydrogen-bond donors (Lipinski definition) is 1. The van der Waals surface area contributed by atoms with Gasteiger partial charge in [0.2, 0.25) is 0 Å². The van der Waals surface area contributed by atoms with Crippen LogP contribution in [0.25, 0.3) is 0 Å². The highest BCUT2D eigenvalue weighted by atomic mass is 16.4. The molecule has 1 fully saturated rings. The van der Waals surface area contributed by atoms with E-state index in [2.05, 4.69) is 55.0 Å². The van der Waals surface area contributed by atoms with Gasteiger partial charge in [-0.2, -0.15) is 0 Å². The molecule has 1 aliphatic heterocycles. The minimum Gasteiger partial charge on any atom is -0.481 e. The Kier molecular flexibility index (Phi) is 5.59. The number of carbonyl (C=O) groups is 1. The van der Waals surface area contributed by atoms with Gasteiger partial charge in [0, 0.05) is 26.2 Å². The van der Waals surface area contributed by atoms with Crippen LogP contribution in [0.2, 0.25) is 0 Å². The summed E-state index contributed by atoms with van der Waals surface area (Å²) in [6.07, 6.45) is 0.783. The van der Waals surface area contributed by atoms with Gasteiger partial charge in [-0.25, -0.2) is 0 Å². The zero-order chi connectivity index (χ0) is 16.2. The monoisotopic (exact) mass is 304 g/mol. The van der Waals surface area contributed by atoms with Crippen molar-refractivity contribution in [2.75, 3.05) is 33.2 Å². The highest BCUT2D eigenvalue weighted by Gasteiger charge is 2.31. The second-order valence-corrected chi connectivity index (χ2v) is 7.38. The summed E-state index contributed by atoms with van der Waals surface area (Å²) in [6, 6.07) is 10.5. The van der Waals surface area contributed by atoms with Crippen molar-refractivity contribution in [1.82, 2.24) is 9.80 Å². The van der Waals surface area contributed by atoms with Crippen molar-refractivity contribution >= 4 is 5.97 Å². The molecular weight excluding hydrogens is 276 g/mol. The minimum absolute atomic E-state index is 0.150. The molecule has 4 nitrogen and oxygen atoms in total. The van der Waals surface area contributed by atoms with E-state index >= 15 is 0 Å². The summed E-state index contributed by atoms with van der Waals surface area (Å²) < 4.78 is 0. The second-order valence-electron chi connectivity index (χ2n) is 7.38. The van der Waals surface area contributed by atoms with E-state index < -0.39 is 5.97 Å². The van der Waals surface area contributed by atoms with Crippen LogP contribution in [-0.2, 0) is 11.3 Å². The van der Waals surface area contributed by atoms with E-state index in [1.54, 1.807) is 0 Å². The smallest absolute Gasteiger partial charge is 0.307 e. The predicted molar refractivity (Wildman–Crippen MR) is 88.7 cm³/mol. The Morgan fingerprint density at radius 1 is 1.36 bits per heavy atom. The van der Waals surface area contributed by atoms with Crippen molar-refractivity contribution < 1.29 is 9.90 Å². The van der Waals surface area contributed by atoms with Gasteiger partial charge in [-0.05, 0) is 31.0 Å². The standard InChI is InChI=1S/C18H28N2O2/c1-18(2,14-20-10-9-16(12-20)17(21)22)13-19(3)11-15-7-5-4-6-8-15/h4-8,16H,9-14H2,1-3H3,(H,21,22). The van der Waals surface area contributed by atoms with Crippen LogP contribution in [0.3, 0.4) is 0 Å². The van der Waals surface area contributed by atoms with Gasteiger partial charge >= 0.3 is 5.97 Å². The van der Waals surface area contributed by atoms with E-state index in [1.807, 2.05) is 6.07 Å². The third-order valence-electron chi connectivity index (χ3n) is 4.27. The summed E-state index contributed by atoms with van der Waals surface area (Å²) in [7, 11) is 2.15. The van der Waals surface area contributed by atoms with Crippen LogP contribution >= 0.6 is 0 Å². The minimum atomic E-state index is -0.651. The third kappa shape index (κ3) is 5.11. The third-order valence-corrected chi connectivity index (χ3v) is 4.27. The largest absolute Gasteiger partial charge is 0.481 e. The average molecular weight is 304 g/mol. The number of likely N-dealkylation sites (tertiary alicyclic amines) is 1. The molecule has 1 N–H and O–H groups in total. The summed E-state index contributed by atoms with van der Waals surface area (Å²) in [6.45, 7) is 9.03. The zero-order valence-electron chi connectivity index (χ0n) is 14.0. The molecule has 122 valence electrons. The maximum absolute atomic E-state index is 11.1. The topological polar surface area (TPSA) is 43.8 Å². The fourth-order valence-corrected chi connectivity index (χ4v) is 3.51. The lowest BCUT2D eigenvalue weighted by Gasteiger charge is -2.34. The Labute approximate surface area is 133 Å². The molecule has 1 saturated heterocycles. The molecule has 4 heteroatoms. The van der Waals surface area contributed by atoms with Gasteiger partial charge in [0.1, 0.15) is 0 Å². The number of carboxylic acids is 1. The second kappa shape index (κ2) is 7.25. The van der Waals surface area contributed by atoms with Gasteiger partial charge in [-0.1, -0.05) is 44.2 Å². The van der Waals surface area contributed by atoms with Gasteiger partial charge in [0.15, 0.2) is 0 Å². The molecule has 1 aliphatic rings. The quantitative estimate of drug-likeness (QED) is 0.841. The molecule has 1 atom stereocenters. The number of aliphatic carboxylic acids is 1. The van der Waals surface area contributed by atoms with Crippen molar-refractivity contribution in [2.45, 2.75) is 26.8 Å². The van der Waals surface area contributed by atoms with Crippen molar-refractivity contribution in [3.8, 4) is 0 Å². The van der Waals surface area contributed by atoms with Crippen LogP contribution in [0, 0.1) is 11.3 Å². The number of carboxylic acid groups (broad SMARTS) is 1. The molecule has 0 saturated carbocycles. The lowest BCUT2D eigenvalue weighted by atomic mass is 9.92. The van der Waals surface area contributed by atoms with E-state index in [-0.39, 0.29) is 11.3 Å². The number of hydrogen-bond acceptors (Lipinski definition) is 3. The molecule has 0 aromatic heterocycles. The molecule has 1 unspecified atom stereocenters. The maximum atomic E-state index is 11.1. The fourth-order valence-electron chi connectivity index (χ4n) is 3.51. The summed E-state index contributed by atoms with van der Waals surface area (Å²) >= 11 is 0. The number of benzene rings is 1. The predicted octanol–water partition coefficient (Wildman–Crippen LogP) is 2.55. The molecule has 0 radical (unpaired) electrons. The highest BCUT2D eigenvalue weighted by molar-refractivity contribution is 5.70. The molecule has 22 heavy (non-hydrogen) atoms. The number of nitrogens with zero attached hydrogens (tertiary/aromatic N) is 2. The zero-order valence-corrected chi connectivity index (χ0v) is 14.0. The molecule has 0 aliphatic carbocycles. The SMILES string of the molecule is CN(Cc1ccccc1)CC(C)(C)CN1CCC(C(=O)O)C1. The van der Waals surface area contributed by atoms with Crippen LogP contribution in [0.15, 0.2) is 30.3 Å². The lowest BCUT2D eigenvalue weighted by Crippen LogP contribution is -2.40. The van der Waals surface area contributed by atoms with Crippen molar-refractivity contribution in [3.63, 3.8) is 0 Å². The van der Waals surface area contributed by atoms with Crippen LogP contribution in [-0.4, -0.2) is 54.1 Å². The summed E-state index contributed by atoms with van der Waals surface area (Å²) in [5.41, 5.74) is 1.48. The first kappa shape index (κ1) is 17.0. The molecule has 1 heterocycles. The Hall–Kier alpha value is -1.39. The summed E-state index contributed by atoms with van der Waals surface area (Å²) in [5.74, 6) is -0.834. The Morgan fingerprint density at radius 2 is 2.05 bits per heavy atom. The summed E-state index contributed by atoms with van der Waals surface area (Å²) in [4.78, 5) is 15.7. The van der Waals surface area contributed by atoms with Crippen molar-refractivity contribution in [2.24, 2.45) is 11.3 Å². The Bertz CT molecular complexity index is 487. The van der Waals surface area contributed by atoms with Crippen molar-refractivity contribution in [1.29, 1.82) is 0 Å². The molecule has 0 bridgehead atoms. The maximum Gasteiger partial charge on any atom is 0.307 e. The Morgan fingerprint density at radius 3 is 2.64 bits per heavy atom. The van der Waals surface area contributed by atoms with E-state index in [9.17, 15) is 4.79 Å². The molecule has 1 aromatic carbocycles. The van der Waals surface area contributed by atoms with Crippen LogP contribution in [0.4, 0.5) is 0 Å². The first-order valence-electron chi connectivity index (χ1n) is 8.03. The first-order chi connectivity index (χ1) is 10.4. The summed E-state index contributed by atoms with van der Waals surface area (Å²) in [5, 5.41) is 9.10. The molecular formula is C18H28N2O2. The van der Waals surface area contributed by atoms with Crippen molar-refractivity contribution in [3.05, 3.63) is 35.9 Å². The van der Waals surface area contributed by atoms with E-state index in [1.165, 1.54) is 5.56 Å². The highest BCUT2D eigenvalue weighted by Crippen LogP contribution is 2.24. The van der Waals surface area contributed by atoms with Crippen LogP contribution < -0.4 is 0 Å². The fraction of sp³-hybridized carbons (Fsp3) is 0.611. The Balaban J connectivity index is 1.81. The van der Waals surface area contributed by atoms with Gasteiger partial charge in [-0.15, -0.1) is 0 Å². The first-order valence-corrected chi connectivity index (χ1v) is 8.03. The lowest BCUT2D eigenvalue weighted by molar-refractivity contribution is -0.141. The van der Waals surface area contributed by atoms with Crippen LogP contribution in [0.1, 0.15) is 25.8 Å². The van der Waals surface area contributed by atoms with Crippen LogP contribution in [0.5, 0.6) is 0 Å². The van der Waals surface area contributed by atoms with E-state index in [0.29, 0.717) is 6.54 Å². The molecule has 0 amide bonds. The van der Waals surface area contributed by atoms with E-state index in [4.69, 9.17) is 5.11 Å².